The first-order valence-corrected chi connectivity index (χ1v) is 8.34. The van der Waals surface area contributed by atoms with Gasteiger partial charge in [0.25, 0.3) is 11.8 Å². The van der Waals surface area contributed by atoms with Gasteiger partial charge in [-0.1, -0.05) is 11.6 Å². The summed E-state index contributed by atoms with van der Waals surface area (Å²) in [7, 11) is 0. The Morgan fingerprint density at radius 1 is 1.12 bits per heavy atom. The fourth-order valence-corrected chi connectivity index (χ4v) is 2.51. The highest BCUT2D eigenvalue weighted by Crippen LogP contribution is 2.31. The molecule has 1 aromatic heterocycles. The van der Waals surface area contributed by atoms with Crippen LogP contribution in [0.2, 0.25) is 5.02 Å². The van der Waals surface area contributed by atoms with E-state index < -0.39 is 11.8 Å². The topological polar surface area (TPSA) is 110 Å². The van der Waals surface area contributed by atoms with Gasteiger partial charge in [0, 0.05) is 35.7 Å². The number of nitrogens with zero attached hydrogens (tertiary/aromatic N) is 2. The van der Waals surface area contributed by atoms with Crippen LogP contribution in [0.15, 0.2) is 36.7 Å². The smallest absolute Gasteiger partial charge is 0.276 e. The Hall–Kier alpha value is -2.22. The lowest BCUT2D eigenvalue weighted by molar-refractivity contribution is 0.0930. The molecule has 9 heteroatoms. The third kappa shape index (κ3) is 5.14. The minimum Gasteiger partial charge on any atom is -0.349 e. The van der Waals surface area contributed by atoms with Gasteiger partial charge in [0.15, 0.2) is 11.4 Å². The highest BCUT2D eigenvalue weighted by Gasteiger charge is 2.29. The third-order valence-corrected chi connectivity index (χ3v) is 4.21. The molecule has 1 aliphatic rings. The van der Waals surface area contributed by atoms with E-state index in [0.717, 1.165) is 12.8 Å². The molecule has 1 saturated carbocycles. The predicted octanol–water partition coefficient (Wildman–Crippen LogP) is 2.27. The molecule has 7 nitrogen and oxygen atoms in total. The number of amides is 2. The van der Waals surface area contributed by atoms with Crippen LogP contribution in [0.3, 0.4) is 0 Å². The second-order valence-corrected chi connectivity index (χ2v) is 6.36. The number of hydrogen-bond acceptors (Lipinski definition) is 5. The van der Waals surface area contributed by atoms with Gasteiger partial charge in [-0.05, 0) is 43.0 Å². The van der Waals surface area contributed by atoms with E-state index in [1.165, 1.54) is 12.4 Å². The van der Waals surface area contributed by atoms with Crippen LogP contribution in [-0.4, -0.2) is 34.4 Å². The summed E-state index contributed by atoms with van der Waals surface area (Å²) >= 11 is 5.82. The number of hydrogen-bond donors (Lipinski definition) is 3. The molecule has 4 N–H and O–H groups in total. The molecule has 0 spiro atoms. The summed E-state index contributed by atoms with van der Waals surface area (Å²) in [6, 6.07) is 6.55. The zero-order valence-corrected chi connectivity index (χ0v) is 15.4. The largest absolute Gasteiger partial charge is 0.349 e. The lowest BCUT2D eigenvalue weighted by atomic mass is 10.2. The van der Waals surface area contributed by atoms with Gasteiger partial charge in [0.2, 0.25) is 0 Å². The minimum atomic E-state index is -0.521. The first-order chi connectivity index (χ1) is 12.0. The first kappa shape index (κ1) is 20.1. The molecular formula is C17H19Cl2N5O2. The van der Waals surface area contributed by atoms with Crippen LogP contribution >= 0.6 is 24.0 Å². The SMILES string of the molecule is Cl.NC(CNC(=O)c1nccnc1C(=O)Nc1ccc(Cl)cc1)C1CC1. The summed E-state index contributed by atoms with van der Waals surface area (Å²) < 4.78 is 0. The Kier molecular flexibility index (Phi) is 6.90. The van der Waals surface area contributed by atoms with Gasteiger partial charge in [0.05, 0.1) is 0 Å². The molecule has 0 bridgehead atoms. The van der Waals surface area contributed by atoms with E-state index in [-0.39, 0.29) is 29.8 Å². The van der Waals surface area contributed by atoms with Crippen molar-refractivity contribution in [1.82, 2.24) is 15.3 Å². The number of anilines is 1. The lowest BCUT2D eigenvalue weighted by Gasteiger charge is -2.12. The maximum atomic E-state index is 12.4. The van der Waals surface area contributed by atoms with Gasteiger partial charge in [-0.3, -0.25) is 9.59 Å². The van der Waals surface area contributed by atoms with E-state index in [4.69, 9.17) is 17.3 Å². The van der Waals surface area contributed by atoms with E-state index >= 15 is 0 Å². The average molecular weight is 396 g/mol. The van der Waals surface area contributed by atoms with Crippen molar-refractivity contribution in [3.63, 3.8) is 0 Å². The Labute approximate surface area is 162 Å². The number of aromatic nitrogens is 2. The number of benzene rings is 1. The molecule has 1 fully saturated rings. The van der Waals surface area contributed by atoms with Crippen molar-refractivity contribution in [1.29, 1.82) is 0 Å². The highest BCUT2D eigenvalue weighted by molar-refractivity contribution is 6.30. The molecule has 3 rings (SSSR count). The fourth-order valence-electron chi connectivity index (χ4n) is 2.38. The van der Waals surface area contributed by atoms with Crippen LogP contribution in [-0.2, 0) is 0 Å². The number of nitrogens with two attached hydrogens (primary N) is 1. The molecule has 138 valence electrons. The van der Waals surface area contributed by atoms with Gasteiger partial charge in [0.1, 0.15) is 0 Å². The van der Waals surface area contributed by atoms with Crippen molar-refractivity contribution in [2.45, 2.75) is 18.9 Å². The van der Waals surface area contributed by atoms with Crippen LogP contribution in [0.25, 0.3) is 0 Å². The van der Waals surface area contributed by atoms with Gasteiger partial charge in [-0.25, -0.2) is 9.97 Å². The summed E-state index contributed by atoms with van der Waals surface area (Å²) in [5.41, 5.74) is 6.44. The molecular weight excluding hydrogens is 377 g/mol. The average Bonchev–Trinajstić information content (AvgIpc) is 3.46. The molecule has 2 aromatic rings. The molecule has 1 unspecified atom stereocenters. The van der Waals surface area contributed by atoms with Crippen molar-refractivity contribution in [3.05, 3.63) is 53.1 Å². The number of carbonyl (C=O) groups is 2. The van der Waals surface area contributed by atoms with Gasteiger partial charge in [-0.2, -0.15) is 0 Å². The Morgan fingerprint density at radius 2 is 1.69 bits per heavy atom. The zero-order chi connectivity index (χ0) is 17.8. The fraction of sp³-hybridized carbons (Fsp3) is 0.294. The van der Waals surface area contributed by atoms with Crippen LogP contribution < -0.4 is 16.4 Å². The van der Waals surface area contributed by atoms with E-state index in [9.17, 15) is 9.59 Å². The lowest BCUT2D eigenvalue weighted by Crippen LogP contribution is -2.39. The van der Waals surface area contributed by atoms with Crippen molar-refractivity contribution in [2.75, 3.05) is 11.9 Å². The molecule has 0 radical (unpaired) electrons. The van der Waals surface area contributed by atoms with Crippen molar-refractivity contribution in [2.24, 2.45) is 11.7 Å². The predicted molar refractivity (Wildman–Crippen MR) is 102 cm³/mol. The summed E-state index contributed by atoms with van der Waals surface area (Å²) in [4.78, 5) is 32.8. The summed E-state index contributed by atoms with van der Waals surface area (Å²) in [6.07, 6.45) is 4.92. The quantitative estimate of drug-likeness (QED) is 0.694. The Bertz CT molecular complexity index is 781. The standard InChI is InChI=1S/C17H18ClN5O2.ClH/c18-11-3-5-12(6-4-11)23-17(25)15-14(20-7-8-21-15)16(24)22-9-13(19)10-1-2-10;/h3-8,10,13H,1-2,9,19H2,(H,22,24)(H,23,25);1H. The molecule has 1 atom stereocenters. The van der Waals surface area contributed by atoms with Crippen molar-refractivity contribution >= 4 is 41.5 Å². The van der Waals surface area contributed by atoms with Crippen LogP contribution in [0.4, 0.5) is 5.69 Å². The van der Waals surface area contributed by atoms with Crippen LogP contribution in [0.5, 0.6) is 0 Å². The third-order valence-electron chi connectivity index (χ3n) is 3.96. The number of carbonyl (C=O) groups excluding carboxylic acids is 2. The molecule has 0 saturated heterocycles. The highest BCUT2D eigenvalue weighted by atomic mass is 35.5. The Balaban J connectivity index is 0.00000243. The maximum Gasteiger partial charge on any atom is 0.276 e. The maximum absolute atomic E-state index is 12.4. The van der Waals surface area contributed by atoms with Crippen molar-refractivity contribution in [3.8, 4) is 0 Å². The number of rotatable bonds is 6. The second kappa shape index (κ2) is 8.93. The molecule has 26 heavy (non-hydrogen) atoms. The normalized spacial score (nSPS) is 14.1. The molecule has 2 amide bonds. The van der Waals surface area contributed by atoms with Crippen LogP contribution in [0.1, 0.15) is 33.8 Å². The first-order valence-electron chi connectivity index (χ1n) is 7.96. The minimum absolute atomic E-state index is 0. The van der Waals surface area contributed by atoms with E-state index in [2.05, 4.69) is 20.6 Å². The van der Waals surface area contributed by atoms with Gasteiger partial charge < -0.3 is 16.4 Å². The van der Waals surface area contributed by atoms with Gasteiger partial charge >= 0.3 is 0 Å². The summed E-state index contributed by atoms with van der Waals surface area (Å²) in [6.45, 7) is 0.346. The van der Waals surface area contributed by atoms with Crippen LogP contribution in [0, 0.1) is 5.92 Å². The van der Waals surface area contributed by atoms with Gasteiger partial charge in [-0.15, -0.1) is 12.4 Å². The molecule has 1 heterocycles. The second-order valence-electron chi connectivity index (χ2n) is 5.93. The van der Waals surface area contributed by atoms with E-state index in [0.29, 0.717) is 23.2 Å². The molecule has 1 aliphatic carbocycles. The number of nitrogens with one attached hydrogen (secondary N) is 2. The number of halogens is 2. The van der Waals surface area contributed by atoms with E-state index in [1.807, 2.05) is 0 Å². The Morgan fingerprint density at radius 3 is 2.27 bits per heavy atom. The monoisotopic (exact) mass is 395 g/mol. The van der Waals surface area contributed by atoms with E-state index in [1.54, 1.807) is 24.3 Å². The molecule has 0 aliphatic heterocycles. The molecule has 1 aromatic carbocycles. The van der Waals surface area contributed by atoms with Crippen molar-refractivity contribution < 1.29 is 9.59 Å². The summed E-state index contributed by atoms with van der Waals surface area (Å²) in [5, 5.41) is 5.95. The zero-order valence-electron chi connectivity index (χ0n) is 13.8. The summed E-state index contributed by atoms with van der Waals surface area (Å²) in [5.74, 6) is -0.521.